The number of carbonyl (C=O) groups excluding carboxylic acids is 1. The van der Waals surface area contributed by atoms with Crippen LogP contribution >= 0.6 is 11.3 Å². The molecule has 0 unspecified atom stereocenters. The van der Waals surface area contributed by atoms with E-state index in [0.29, 0.717) is 9.78 Å². The van der Waals surface area contributed by atoms with E-state index in [1.807, 2.05) is 0 Å². The predicted octanol–water partition coefficient (Wildman–Crippen LogP) is 3.09. The Hall–Kier alpha value is -1.37. The SMILES string of the molecule is C/C=C/c1cnc(N(CC)C(=O)C(F)(F)F)s1. The molecule has 0 fully saturated rings. The minimum Gasteiger partial charge on any atom is -0.281 e. The van der Waals surface area contributed by atoms with Crippen LogP contribution in [-0.4, -0.2) is 23.6 Å². The maximum absolute atomic E-state index is 12.3. The van der Waals surface area contributed by atoms with Crippen LogP contribution in [0.15, 0.2) is 12.3 Å². The third kappa shape index (κ3) is 3.29. The van der Waals surface area contributed by atoms with Crippen molar-refractivity contribution in [3.63, 3.8) is 0 Å². The summed E-state index contributed by atoms with van der Waals surface area (Å²) in [7, 11) is 0. The van der Waals surface area contributed by atoms with Crippen LogP contribution in [0.3, 0.4) is 0 Å². The zero-order valence-electron chi connectivity index (χ0n) is 9.28. The minimum atomic E-state index is -4.87. The van der Waals surface area contributed by atoms with E-state index in [4.69, 9.17) is 0 Å². The van der Waals surface area contributed by atoms with Gasteiger partial charge in [0.1, 0.15) is 0 Å². The van der Waals surface area contributed by atoms with Gasteiger partial charge in [-0.2, -0.15) is 13.2 Å². The van der Waals surface area contributed by atoms with E-state index in [1.54, 1.807) is 19.1 Å². The molecule has 0 atom stereocenters. The molecule has 0 radical (unpaired) electrons. The summed E-state index contributed by atoms with van der Waals surface area (Å²) in [5.41, 5.74) is 0. The quantitative estimate of drug-likeness (QED) is 0.840. The Labute approximate surface area is 101 Å². The van der Waals surface area contributed by atoms with Gasteiger partial charge in [-0.3, -0.25) is 9.69 Å². The monoisotopic (exact) mass is 264 g/mol. The normalized spacial score (nSPS) is 12.1. The Bertz CT molecular complexity index is 425. The highest BCUT2D eigenvalue weighted by atomic mass is 32.1. The molecule has 7 heteroatoms. The highest BCUT2D eigenvalue weighted by Gasteiger charge is 2.43. The molecule has 0 spiro atoms. The summed E-state index contributed by atoms with van der Waals surface area (Å²) in [6, 6.07) is 0. The van der Waals surface area contributed by atoms with E-state index in [2.05, 4.69) is 4.98 Å². The molecule has 1 aromatic rings. The number of carbonyl (C=O) groups is 1. The first-order chi connectivity index (χ1) is 7.90. The molecule has 3 nitrogen and oxygen atoms in total. The Balaban J connectivity index is 2.97. The van der Waals surface area contributed by atoms with E-state index in [1.165, 1.54) is 13.1 Å². The van der Waals surface area contributed by atoms with Gasteiger partial charge in [0, 0.05) is 17.6 Å². The predicted molar refractivity (Wildman–Crippen MR) is 60.9 cm³/mol. The van der Waals surface area contributed by atoms with Gasteiger partial charge in [0.2, 0.25) is 0 Å². The van der Waals surface area contributed by atoms with Crippen molar-refractivity contribution < 1.29 is 18.0 Å². The van der Waals surface area contributed by atoms with Gasteiger partial charge in [0.05, 0.1) is 0 Å². The lowest BCUT2D eigenvalue weighted by Crippen LogP contribution is -2.41. The first-order valence-electron chi connectivity index (χ1n) is 4.87. The summed E-state index contributed by atoms with van der Waals surface area (Å²) in [6.45, 7) is 3.19. The van der Waals surface area contributed by atoms with Crippen LogP contribution in [0.1, 0.15) is 18.7 Å². The fraction of sp³-hybridized carbons (Fsp3) is 0.400. The van der Waals surface area contributed by atoms with Crippen LogP contribution in [0.4, 0.5) is 18.3 Å². The largest absolute Gasteiger partial charge is 0.471 e. The Morgan fingerprint density at radius 1 is 1.59 bits per heavy atom. The van der Waals surface area contributed by atoms with Crippen molar-refractivity contribution in [3.05, 3.63) is 17.2 Å². The molecule has 0 saturated heterocycles. The highest BCUT2D eigenvalue weighted by Crippen LogP contribution is 2.27. The van der Waals surface area contributed by atoms with Gasteiger partial charge >= 0.3 is 12.1 Å². The molecule has 0 aliphatic heterocycles. The van der Waals surface area contributed by atoms with E-state index >= 15 is 0 Å². The summed E-state index contributed by atoms with van der Waals surface area (Å²) in [5, 5.41) is 0.0583. The van der Waals surface area contributed by atoms with Crippen molar-refractivity contribution in [3.8, 4) is 0 Å². The molecule has 94 valence electrons. The summed E-state index contributed by atoms with van der Waals surface area (Å²) >= 11 is 1.04. The van der Waals surface area contributed by atoms with Crippen LogP contribution in [0.25, 0.3) is 6.08 Å². The molecule has 0 aromatic carbocycles. The molecular formula is C10H11F3N2OS. The van der Waals surface area contributed by atoms with Gasteiger partial charge in [-0.1, -0.05) is 17.4 Å². The zero-order chi connectivity index (χ0) is 13.1. The molecule has 1 amide bonds. The first kappa shape index (κ1) is 13.7. The number of amides is 1. The molecule has 17 heavy (non-hydrogen) atoms. The molecule has 0 aliphatic rings. The van der Waals surface area contributed by atoms with Gasteiger partial charge in [0.25, 0.3) is 0 Å². The smallest absolute Gasteiger partial charge is 0.281 e. The number of thiazole rings is 1. The third-order valence-electron chi connectivity index (χ3n) is 1.88. The Kier molecular flexibility index (Phi) is 4.28. The summed E-state index contributed by atoms with van der Waals surface area (Å²) in [4.78, 5) is 16.3. The van der Waals surface area contributed by atoms with Crippen molar-refractivity contribution in [2.45, 2.75) is 20.0 Å². The standard InChI is InChI=1S/C10H11F3N2OS/c1-3-5-7-6-14-9(17-7)15(4-2)8(16)10(11,12)13/h3,5-6H,4H2,1-2H3/b5-3+. The van der Waals surface area contributed by atoms with Crippen molar-refractivity contribution >= 4 is 28.5 Å². The van der Waals surface area contributed by atoms with E-state index in [9.17, 15) is 18.0 Å². The fourth-order valence-electron chi connectivity index (χ4n) is 1.16. The zero-order valence-corrected chi connectivity index (χ0v) is 10.1. The number of alkyl halides is 3. The Morgan fingerprint density at radius 2 is 2.24 bits per heavy atom. The van der Waals surface area contributed by atoms with Crippen molar-refractivity contribution in [1.29, 1.82) is 0 Å². The molecule has 1 rings (SSSR count). The van der Waals surface area contributed by atoms with Crippen LogP contribution in [-0.2, 0) is 4.79 Å². The van der Waals surface area contributed by atoms with Gasteiger partial charge in [-0.25, -0.2) is 4.98 Å². The molecule has 1 aromatic heterocycles. The van der Waals surface area contributed by atoms with Gasteiger partial charge in [-0.05, 0) is 19.9 Å². The molecule has 0 bridgehead atoms. The van der Waals surface area contributed by atoms with Crippen LogP contribution < -0.4 is 4.90 Å². The van der Waals surface area contributed by atoms with Crippen molar-refractivity contribution in [1.82, 2.24) is 4.98 Å². The lowest BCUT2D eigenvalue weighted by Gasteiger charge is -2.18. The number of rotatable bonds is 3. The molecular weight excluding hydrogens is 253 g/mol. The van der Waals surface area contributed by atoms with Gasteiger partial charge in [-0.15, -0.1) is 0 Å². The second-order valence-electron chi connectivity index (χ2n) is 3.09. The number of allylic oxidation sites excluding steroid dienone is 1. The number of halogens is 3. The Morgan fingerprint density at radius 3 is 2.71 bits per heavy atom. The summed E-state index contributed by atoms with van der Waals surface area (Å²) in [5.74, 6) is -1.89. The highest BCUT2D eigenvalue weighted by molar-refractivity contribution is 7.16. The van der Waals surface area contributed by atoms with Gasteiger partial charge in [0.15, 0.2) is 5.13 Å². The minimum absolute atomic E-state index is 0.0583. The van der Waals surface area contributed by atoms with E-state index in [-0.39, 0.29) is 11.7 Å². The average molecular weight is 264 g/mol. The van der Waals surface area contributed by atoms with E-state index in [0.717, 1.165) is 11.3 Å². The van der Waals surface area contributed by atoms with Gasteiger partial charge < -0.3 is 0 Å². The average Bonchev–Trinajstić information content (AvgIpc) is 2.67. The maximum atomic E-state index is 12.3. The van der Waals surface area contributed by atoms with Crippen LogP contribution in [0, 0.1) is 0 Å². The number of hydrogen-bond acceptors (Lipinski definition) is 3. The number of aromatic nitrogens is 1. The molecule has 1 heterocycles. The van der Waals surface area contributed by atoms with E-state index < -0.39 is 12.1 Å². The number of hydrogen-bond donors (Lipinski definition) is 0. The van der Waals surface area contributed by atoms with Crippen LogP contribution in [0.5, 0.6) is 0 Å². The first-order valence-corrected chi connectivity index (χ1v) is 5.69. The third-order valence-corrected chi connectivity index (χ3v) is 2.86. The summed E-state index contributed by atoms with van der Waals surface area (Å²) < 4.78 is 36.9. The van der Waals surface area contributed by atoms with Crippen molar-refractivity contribution in [2.24, 2.45) is 0 Å². The molecule has 0 N–H and O–H groups in total. The molecule has 0 saturated carbocycles. The lowest BCUT2D eigenvalue weighted by atomic mass is 10.5. The number of anilines is 1. The second kappa shape index (κ2) is 5.31. The molecule has 0 aliphatic carbocycles. The van der Waals surface area contributed by atoms with Crippen molar-refractivity contribution in [2.75, 3.05) is 11.4 Å². The van der Waals surface area contributed by atoms with Crippen LogP contribution in [0.2, 0.25) is 0 Å². The second-order valence-corrected chi connectivity index (χ2v) is 4.13. The lowest BCUT2D eigenvalue weighted by molar-refractivity contribution is -0.170. The fourth-order valence-corrected chi connectivity index (χ4v) is 2.11. The maximum Gasteiger partial charge on any atom is 0.471 e. The topological polar surface area (TPSA) is 33.2 Å². The number of nitrogens with zero attached hydrogens (tertiary/aromatic N) is 2. The summed E-state index contributed by atoms with van der Waals surface area (Å²) in [6.07, 6.45) is 0.0288.